The van der Waals surface area contributed by atoms with Crippen LogP contribution in [-0.4, -0.2) is 12.8 Å². The SMILES string of the molecule is C=C(C1=C\C=C/C2=CC=CCC2/C=C/C=C\1)/C(=C\C=C\C(C)C)NC1=C(B(C(/C=C\C)=C/C)c2cc3cc4c(cc3s2)C(C)(C)CCC4(C)C)C(NC2=CC3C(C=C2)C(C)(C)CCC3(C)C)CC(C)=C1. The van der Waals surface area contributed by atoms with Crippen LogP contribution < -0.4 is 15.4 Å². The van der Waals surface area contributed by atoms with Gasteiger partial charge in [-0.1, -0.05) is 190 Å². The van der Waals surface area contributed by atoms with E-state index in [2.05, 4.69) is 240 Å². The average Bonchev–Trinajstić information content (AvgIpc) is 3.73. The number of nitrogens with one attached hydrogen (secondary N) is 2. The highest BCUT2D eigenvalue weighted by atomic mass is 32.1. The summed E-state index contributed by atoms with van der Waals surface area (Å²) in [5.41, 5.74) is 14.5. The molecule has 366 valence electrons. The third-order valence-corrected chi connectivity index (χ3v) is 17.9. The Balaban J connectivity index is 1.32. The smallest absolute Gasteiger partial charge is 0.254 e. The fourth-order valence-corrected chi connectivity index (χ4v) is 13.4. The van der Waals surface area contributed by atoms with Crippen LogP contribution >= 0.6 is 11.3 Å². The second-order valence-electron chi connectivity index (χ2n) is 24.3. The van der Waals surface area contributed by atoms with E-state index >= 15 is 0 Å². The van der Waals surface area contributed by atoms with E-state index < -0.39 is 0 Å². The molecule has 8 rings (SSSR count). The van der Waals surface area contributed by atoms with Crippen LogP contribution in [0.15, 0.2) is 197 Å². The summed E-state index contributed by atoms with van der Waals surface area (Å²) in [5.74, 6) is 1.78. The predicted molar refractivity (Wildman–Crippen MR) is 310 cm³/mol. The molecule has 4 unspecified atom stereocenters. The van der Waals surface area contributed by atoms with E-state index in [1.54, 1.807) is 0 Å². The maximum Gasteiger partial charge on any atom is 0.254 e. The van der Waals surface area contributed by atoms with Gasteiger partial charge in [-0.15, -0.1) is 11.3 Å². The first-order valence-electron chi connectivity index (χ1n) is 26.6. The van der Waals surface area contributed by atoms with E-state index in [4.69, 9.17) is 6.58 Å². The Hall–Kier alpha value is -5.06. The zero-order valence-electron chi connectivity index (χ0n) is 45.1. The maximum absolute atomic E-state index is 4.88. The summed E-state index contributed by atoms with van der Waals surface area (Å²) in [6.07, 6.45) is 52.8. The van der Waals surface area contributed by atoms with Gasteiger partial charge in [0.15, 0.2) is 0 Å². The highest BCUT2D eigenvalue weighted by Gasteiger charge is 2.47. The monoisotopic (exact) mass is 947 g/mol. The van der Waals surface area contributed by atoms with Crippen LogP contribution in [0.1, 0.15) is 140 Å². The Labute approximate surface area is 428 Å². The second kappa shape index (κ2) is 20.6. The number of benzene rings is 1. The van der Waals surface area contributed by atoms with Crippen molar-refractivity contribution in [2.45, 2.75) is 145 Å². The first-order chi connectivity index (χ1) is 33.2. The average molecular weight is 947 g/mol. The molecule has 6 aliphatic carbocycles. The summed E-state index contributed by atoms with van der Waals surface area (Å²) in [5, 5.41) is 9.83. The first-order valence-corrected chi connectivity index (χ1v) is 27.4. The van der Waals surface area contributed by atoms with Gasteiger partial charge in [0.25, 0.3) is 6.71 Å². The van der Waals surface area contributed by atoms with Crippen molar-refractivity contribution in [2.75, 3.05) is 0 Å². The number of hydrogen-bond acceptors (Lipinski definition) is 3. The zero-order valence-corrected chi connectivity index (χ0v) is 45.9. The maximum atomic E-state index is 4.88. The Morgan fingerprint density at radius 3 is 2.27 bits per heavy atom. The summed E-state index contributed by atoms with van der Waals surface area (Å²) >= 11 is 1.99. The van der Waals surface area contributed by atoms with Gasteiger partial charge < -0.3 is 10.6 Å². The lowest BCUT2D eigenvalue weighted by molar-refractivity contribution is 0.0324. The molecule has 1 saturated carbocycles. The molecule has 1 aromatic carbocycles. The molecule has 4 atom stereocenters. The molecule has 2 nitrogen and oxygen atoms in total. The van der Waals surface area contributed by atoms with Crippen LogP contribution in [0.2, 0.25) is 0 Å². The van der Waals surface area contributed by atoms with Crippen LogP contribution in [0.4, 0.5) is 0 Å². The van der Waals surface area contributed by atoms with Crippen molar-refractivity contribution in [3.05, 3.63) is 208 Å². The van der Waals surface area contributed by atoms with Crippen LogP contribution in [0, 0.1) is 34.5 Å². The van der Waals surface area contributed by atoms with E-state index in [0.29, 0.717) is 23.7 Å². The van der Waals surface area contributed by atoms with Gasteiger partial charge in [0.2, 0.25) is 0 Å². The van der Waals surface area contributed by atoms with E-state index in [9.17, 15) is 0 Å². The lowest BCUT2D eigenvalue weighted by atomic mass is 9.36. The molecule has 70 heavy (non-hydrogen) atoms. The van der Waals surface area contributed by atoms with Crippen LogP contribution in [0.3, 0.4) is 0 Å². The molecule has 2 aromatic rings. The fourth-order valence-electron chi connectivity index (χ4n) is 12.1. The molecule has 2 N–H and O–H groups in total. The standard InChI is InChI=1S/C66H83BN2S/c1-15-23-51(16-2)67(61-41-50-40-54-56(43-60(50)70-61)66(13,14)37-36-64(54,9)10)62-58(68-52-32-33-53-55(42-52)65(11,12)35-34-63(53,7)8)38-45(5)39-59(62)69-57(31-21-24-44(3)4)46(6)47-25-17-18-26-48-27-19-20-28-49(48)30-22-29-47/h15-26,28-33,39-44,48,53,55,58,68-69H,6,27,34-38H2,1-5,7-14H3/b23-15-,24-21+,25-17-,26-18+,30-22-,47-29-,51-16+,57-31+. The van der Waals surface area contributed by atoms with E-state index in [1.807, 2.05) is 11.3 Å². The minimum atomic E-state index is -0.0145. The van der Waals surface area contributed by atoms with Crippen LogP contribution in [-0.2, 0) is 10.8 Å². The number of rotatable bonds is 12. The van der Waals surface area contributed by atoms with Gasteiger partial charge in [0.05, 0.1) is 0 Å². The lowest BCUT2D eigenvalue weighted by Crippen LogP contribution is -2.47. The van der Waals surface area contributed by atoms with E-state index in [-0.39, 0.29) is 34.4 Å². The van der Waals surface area contributed by atoms with Gasteiger partial charge in [0, 0.05) is 33.8 Å². The van der Waals surface area contributed by atoms with Gasteiger partial charge in [-0.3, -0.25) is 0 Å². The molecule has 0 aliphatic heterocycles. The van der Waals surface area contributed by atoms with E-state index in [0.717, 1.165) is 35.4 Å². The van der Waals surface area contributed by atoms with Crippen molar-refractivity contribution < 1.29 is 0 Å². The normalized spacial score (nSPS) is 28.0. The summed E-state index contributed by atoms with van der Waals surface area (Å²) in [7, 11) is 0. The molecule has 4 heteroatoms. The van der Waals surface area contributed by atoms with Gasteiger partial charge in [-0.25, -0.2) is 0 Å². The number of allylic oxidation sites excluding steroid dienone is 23. The van der Waals surface area contributed by atoms with Crippen molar-refractivity contribution >= 4 is 32.9 Å². The molecule has 0 amide bonds. The third kappa shape index (κ3) is 10.9. The summed E-state index contributed by atoms with van der Waals surface area (Å²) in [6, 6.07) is 7.68. The molecule has 0 saturated heterocycles. The number of fused-ring (bicyclic) bond motifs is 4. The van der Waals surface area contributed by atoms with Crippen molar-refractivity contribution in [3.8, 4) is 0 Å². The minimum Gasteiger partial charge on any atom is -0.379 e. The lowest BCUT2D eigenvalue weighted by Gasteiger charge is -2.51. The second-order valence-corrected chi connectivity index (χ2v) is 25.4. The highest BCUT2D eigenvalue weighted by Crippen LogP contribution is 2.55. The third-order valence-electron chi connectivity index (χ3n) is 16.8. The molecule has 0 spiro atoms. The topological polar surface area (TPSA) is 24.1 Å². The van der Waals surface area contributed by atoms with Crippen molar-refractivity contribution in [1.82, 2.24) is 10.6 Å². The first kappa shape index (κ1) is 51.3. The van der Waals surface area contributed by atoms with Gasteiger partial charge in [-0.2, -0.15) is 0 Å². The van der Waals surface area contributed by atoms with Crippen LogP contribution in [0.25, 0.3) is 10.1 Å². The quantitative estimate of drug-likeness (QED) is 0.164. The Bertz CT molecular complexity index is 2760. The Morgan fingerprint density at radius 1 is 0.829 bits per heavy atom. The molecular formula is C66H83BN2S. The molecular weight excluding hydrogens is 864 g/mol. The summed E-state index contributed by atoms with van der Waals surface area (Å²) in [6.45, 7) is 35.8. The highest BCUT2D eigenvalue weighted by molar-refractivity contribution is 7.30. The van der Waals surface area contributed by atoms with Crippen LogP contribution in [0.5, 0.6) is 0 Å². The fraction of sp³-hybridized carbons (Fsp3) is 0.424. The largest absolute Gasteiger partial charge is 0.379 e. The van der Waals surface area contributed by atoms with Gasteiger partial charge in [-0.05, 0) is 179 Å². The molecule has 1 aromatic heterocycles. The van der Waals surface area contributed by atoms with Gasteiger partial charge >= 0.3 is 0 Å². The molecule has 1 fully saturated rings. The molecule has 6 aliphatic rings. The van der Waals surface area contributed by atoms with Crippen molar-refractivity contribution in [3.63, 3.8) is 0 Å². The molecule has 1 heterocycles. The molecule has 0 radical (unpaired) electrons. The summed E-state index contributed by atoms with van der Waals surface area (Å²) < 4.78 is 2.75. The molecule has 0 bridgehead atoms. The minimum absolute atomic E-state index is 0.0145. The predicted octanol–water partition coefficient (Wildman–Crippen LogP) is 17.0. The van der Waals surface area contributed by atoms with Gasteiger partial charge in [0.1, 0.15) is 0 Å². The van der Waals surface area contributed by atoms with Crippen molar-refractivity contribution in [2.24, 2.45) is 34.5 Å². The van der Waals surface area contributed by atoms with E-state index in [1.165, 1.54) is 79.5 Å². The zero-order chi connectivity index (χ0) is 50.2. The Kier molecular flexibility index (Phi) is 15.1. The Morgan fingerprint density at radius 2 is 1.56 bits per heavy atom. The summed E-state index contributed by atoms with van der Waals surface area (Å²) in [4.78, 5) is 0. The van der Waals surface area contributed by atoms with Crippen molar-refractivity contribution in [1.29, 1.82) is 0 Å². The number of thiophene rings is 1. The number of hydrogen-bond donors (Lipinski definition) is 2.